The molecular weight excluding hydrogens is 262 g/mol. The number of carboxylic acid groups (broad SMARTS) is 1. The molecule has 0 aliphatic rings. The number of nitrogens with two attached hydrogens (primary N) is 1. The van der Waals surface area contributed by atoms with Gasteiger partial charge in [0.1, 0.15) is 6.04 Å². The number of carbonyl (C=O) groups is 2. The van der Waals surface area contributed by atoms with Crippen LogP contribution in [0.4, 0.5) is 0 Å². The van der Waals surface area contributed by atoms with Crippen LogP contribution in [0.2, 0.25) is 0 Å². The van der Waals surface area contributed by atoms with Gasteiger partial charge in [0.05, 0.1) is 4.90 Å². The Hall–Kier alpha value is -1.87. The maximum absolute atomic E-state index is 11.7. The smallest absolute Gasteiger partial charge is 0.321 e. The monoisotopic (exact) mass is 275 g/mol. The lowest BCUT2D eigenvalue weighted by molar-refractivity contribution is -0.139. The van der Waals surface area contributed by atoms with Crippen molar-refractivity contribution in [2.24, 2.45) is 5.73 Å². The van der Waals surface area contributed by atoms with Crippen LogP contribution in [0.5, 0.6) is 0 Å². The quantitative estimate of drug-likeness (QED) is 0.505. The number of aromatic nitrogens is 1. The highest BCUT2D eigenvalue weighted by molar-refractivity contribution is 7.89. The van der Waals surface area contributed by atoms with Crippen LogP contribution in [0.15, 0.2) is 23.4 Å². The van der Waals surface area contributed by atoms with Gasteiger partial charge >= 0.3 is 5.97 Å². The Balaban J connectivity index is 2.78. The third kappa shape index (κ3) is 3.86. The fourth-order valence-electron chi connectivity index (χ4n) is 1.25. The van der Waals surface area contributed by atoms with Crippen LogP contribution < -0.4 is 10.5 Å². The maximum atomic E-state index is 11.7. The highest BCUT2D eigenvalue weighted by Gasteiger charge is 2.25. The van der Waals surface area contributed by atoms with E-state index < -0.39 is 27.9 Å². The topological polar surface area (TPSA) is 142 Å². The van der Waals surface area contributed by atoms with Crippen LogP contribution in [0, 0.1) is 0 Å². The van der Waals surface area contributed by atoms with E-state index in [1.807, 2.05) is 4.72 Å². The van der Waals surface area contributed by atoms with Gasteiger partial charge in [-0.3, -0.25) is 9.59 Å². The van der Waals surface area contributed by atoms with E-state index in [1.54, 1.807) is 0 Å². The molecule has 1 atom stereocenters. The fourth-order valence-corrected chi connectivity index (χ4v) is 2.45. The zero-order valence-corrected chi connectivity index (χ0v) is 10.1. The van der Waals surface area contributed by atoms with Gasteiger partial charge in [0, 0.05) is 18.8 Å². The van der Waals surface area contributed by atoms with Gasteiger partial charge in [-0.1, -0.05) is 0 Å². The van der Waals surface area contributed by atoms with Gasteiger partial charge in [0.25, 0.3) is 0 Å². The van der Waals surface area contributed by atoms with Gasteiger partial charge in [0.15, 0.2) is 0 Å². The van der Waals surface area contributed by atoms with Crippen molar-refractivity contribution < 1.29 is 23.1 Å². The van der Waals surface area contributed by atoms with E-state index in [0.717, 1.165) is 0 Å². The second-order valence-electron chi connectivity index (χ2n) is 3.56. The first kappa shape index (κ1) is 14.2. The van der Waals surface area contributed by atoms with Crippen molar-refractivity contribution >= 4 is 21.9 Å². The van der Waals surface area contributed by atoms with Crippen molar-refractivity contribution in [1.29, 1.82) is 0 Å². The second kappa shape index (κ2) is 5.65. The standard InChI is InChI=1S/C9H13N3O5S/c10-8(13)2-1-7(9(14)15)12-18(16,17)6-3-4-11-5-6/h3-5,7,11-12H,1-2H2,(H2,10,13)(H,14,15)/t7-/m1/s1. The minimum absolute atomic E-state index is 0.0761. The lowest BCUT2D eigenvalue weighted by Gasteiger charge is -2.13. The van der Waals surface area contributed by atoms with Crippen LogP contribution in [0.3, 0.4) is 0 Å². The number of carboxylic acids is 1. The van der Waals surface area contributed by atoms with Gasteiger partial charge in [-0.25, -0.2) is 8.42 Å². The Morgan fingerprint density at radius 1 is 1.50 bits per heavy atom. The number of amides is 1. The first-order valence-corrected chi connectivity index (χ1v) is 6.47. The maximum Gasteiger partial charge on any atom is 0.321 e. The molecule has 0 spiro atoms. The molecule has 1 amide bonds. The van der Waals surface area contributed by atoms with Crippen LogP contribution in [-0.4, -0.2) is 36.4 Å². The molecule has 0 saturated heterocycles. The molecule has 18 heavy (non-hydrogen) atoms. The summed E-state index contributed by atoms with van der Waals surface area (Å²) < 4.78 is 25.5. The number of sulfonamides is 1. The molecule has 1 aromatic rings. The second-order valence-corrected chi connectivity index (χ2v) is 5.28. The number of aromatic amines is 1. The zero-order chi connectivity index (χ0) is 13.8. The molecule has 1 rings (SSSR count). The zero-order valence-electron chi connectivity index (χ0n) is 9.29. The Bertz CT molecular complexity index is 522. The number of aliphatic carboxylic acids is 1. The van der Waals surface area contributed by atoms with Gasteiger partial charge in [-0.2, -0.15) is 4.72 Å². The number of nitrogens with one attached hydrogen (secondary N) is 2. The summed E-state index contributed by atoms with van der Waals surface area (Å²) in [5.41, 5.74) is 4.89. The molecular formula is C9H13N3O5S. The minimum atomic E-state index is -3.92. The summed E-state index contributed by atoms with van der Waals surface area (Å²) in [5, 5.41) is 8.86. The van der Waals surface area contributed by atoms with E-state index in [9.17, 15) is 18.0 Å². The van der Waals surface area contributed by atoms with Crippen LogP contribution in [-0.2, 0) is 19.6 Å². The first-order valence-electron chi connectivity index (χ1n) is 4.99. The predicted octanol–water partition coefficient (Wildman–Crippen LogP) is -0.988. The Labute approximate surface area is 103 Å². The number of carbonyl (C=O) groups excluding carboxylic acids is 1. The molecule has 0 unspecified atom stereocenters. The minimum Gasteiger partial charge on any atom is -0.480 e. The summed E-state index contributed by atoms with van der Waals surface area (Å²) in [4.78, 5) is 23.9. The Morgan fingerprint density at radius 2 is 2.17 bits per heavy atom. The Morgan fingerprint density at radius 3 is 2.61 bits per heavy atom. The SMILES string of the molecule is NC(=O)CC[C@@H](NS(=O)(=O)c1cc[nH]c1)C(=O)O. The highest BCUT2D eigenvalue weighted by Crippen LogP contribution is 2.09. The molecule has 0 fully saturated rings. The number of hydrogen-bond acceptors (Lipinski definition) is 4. The number of primary amides is 1. The summed E-state index contributed by atoms with van der Waals surface area (Å²) in [6, 6.07) is -0.104. The lowest BCUT2D eigenvalue weighted by Crippen LogP contribution is -2.41. The molecule has 1 heterocycles. The van der Waals surface area contributed by atoms with E-state index in [0.29, 0.717) is 0 Å². The van der Waals surface area contributed by atoms with Crippen molar-refractivity contribution in [3.05, 3.63) is 18.5 Å². The average Bonchev–Trinajstić information content (AvgIpc) is 2.77. The van der Waals surface area contributed by atoms with Gasteiger partial charge in [-0.15, -0.1) is 0 Å². The fraction of sp³-hybridized carbons (Fsp3) is 0.333. The molecule has 0 bridgehead atoms. The van der Waals surface area contributed by atoms with E-state index in [4.69, 9.17) is 10.8 Å². The molecule has 5 N–H and O–H groups in total. The summed E-state index contributed by atoms with van der Waals surface area (Å²) in [6.45, 7) is 0. The van der Waals surface area contributed by atoms with Crippen molar-refractivity contribution in [2.75, 3.05) is 0 Å². The molecule has 100 valence electrons. The largest absolute Gasteiger partial charge is 0.480 e. The lowest BCUT2D eigenvalue weighted by atomic mass is 10.2. The van der Waals surface area contributed by atoms with E-state index in [1.165, 1.54) is 18.5 Å². The van der Waals surface area contributed by atoms with Crippen molar-refractivity contribution in [1.82, 2.24) is 9.71 Å². The molecule has 8 nitrogen and oxygen atoms in total. The summed E-state index contributed by atoms with van der Waals surface area (Å²) in [5.74, 6) is -2.06. The van der Waals surface area contributed by atoms with Crippen molar-refractivity contribution in [2.45, 2.75) is 23.8 Å². The van der Waals surface area contributed by atoms with E-state index >= 15 is 0 Å². The van der Waals surface area contributed by atoms with Crippen LogP contribution in [0.1, 0.15) is 12.8 Å². The molecule has 1 aromatic heterocycles. The molecule has 0 aliphatic heterocycles. The predicted molar refractivity (Wildman–Crippen MR) is 61.0 cm³/mol. The number of rotatable bonds is 7. The van der Waals surface area contributed by atoms with Gasteiger partial charge < -0.3 is 15.8 Å². The molecule has 0 aromatic carbocycles. The summed E-state index contributed by atoms with van der Waals surface area (Å²) >= 11 is 0. The van der Waals surface area contributed by atoms with Gasteiger partial charge in [0.2, 0.25) is 15.9 Å². The average molecular weight is 275 g/mol. The summed E-state index contributed by atoms with van der Waals surface area (Å²) in [6.07, 6.45) is 2.20. The van der Waals surface area contributed by atoms with Crippen LogP contribution >= 0.6 is 0 Å². The van der Waals surface area contributed by atoms with E-state index in [-0.39, 0.29) is 17.7 Å². The summed E-state index contributed by atoms with van der Waals surface area (Å²) in [7, 11) is -3.92. The van der Waals surface area contributed by atoms with Crippen molar-refractivity contribution in [3.8, 4) is 0 Å². The molecule has 0 radical (unpaired) electrons. The number of H-pyrrole nitrogens is 1. The normalized spacial score (nSPS) is 13.1. The van der Waals surface area contributed by atoms with Gasteiger partial charge in [-0.05, 0) is 12.5 Å². The molecule has 0 aliphatic carbocycles. The highest BCUT2D eigenvalue weighted by atomic mass is 32.2. The van der Waals surface area contributed by atoms with E-state index in [2.05, 4.69) is 4.98 Å². The molecule has 0 saturated carbocycles. The van der Waals surface area contributed by atoms with Crippen LogP contribution in [0.25, 0.3) is 0 Å². The Kier molecular flexibility index (Phi) is 4.45. The molecule has 9 heteroatoms. The number of hydrogen-bond donors (Lipinski definition) is 4. The third-order valence-electron chi connectivity index (χ3n) is 2.15. The first-order chi connectivity index (χ1) is 8.33. The third-order valence-corrected chi connectivity index (χ3v) is 3.62. The van der Waals surface area contributed by atoms with Crippen molar-refractivity contribution in [3.63, 3.8) is 0 Å².